The van der Waals surface area contributed by atoms with Crippen LogP contribution >= 0.6 is 0 Å². The molecule has 1 aromatic heterocycles. The Morgan fingerprint density at radius 3 is 2.66 bits per heavy atom. The van der Waals surface area contributed by atoms with E-state index >= 15 is 0 Å². The van der Waals surface area contributed by atoms with Gasteiger partial charge in [-0.05, 0) is 36.1 Å². The second-order valence-corrected chi connectivity index (χ2v) is 7.80. The van der Waals surface area contributed by atoms with Gasteiger partial charge in [-0.2, -0.15) is 5.10 Å². The van der Waals surface area contributed by atoms with Crippen molar-refractivity contribution in [2.45, 2.75) is 24.7 Å². The number of aromatic nitrogens is 2. The van der Waals surface area contributed by atoms with Crippen molar-refractivity contribution >= 4 is 11.8 Å². The maximum atomic E-state index is 9.52. The third-order valence-corrected chi connectivity index (χ3v) is 6.06. The van der Waals surface area contributed by atoms with Gasteiger partial charge in [0.2, 0.25) is 0 Å². The molecule has 0 amide bonds. The molecule has 2 aliphatic carbocycles. The highest BCUT2D eigenvalue weighted by molar-refractivity contribution is 6.04. The molecule has 0 saturated heterocycles. The molecule has 0 aliphatic heterocycles. The Kier molecular flexibility index (Phi) is 4.23. The lowest BCUT2D eigenvalue weighted by atomic mass is 9.68. The van der Waals surface area contributed by atoms with Gasteiger partial charge in [0.05, 0.1) is 7.11 Å². The lowest BCUT2D eigenvalue weighted by molar-refractivity contribution is 0.317. The second kappa shape index (κ2) is 6.92. The van der Waals surface area contributed by atoms with Crippen LogP contribution in [0.4, 0.5) is 0 Å². The van der Waals surface area contributed by atoms with Crippen molar-refractivity contribution < 1.29 is 9.94 Å². The number of allylic oxidation sites excluding steroid dienone is 1. The first kappa shape index (κ1) is 17.7. The summed E-state index contributed by atoms with van der Waals surface area (Å²) in [4.78, 5) is 0. The predicted octanol–water partition coefficient (Wildman–Crippen LogP) is 4.56. The number of methoxy groups -OCH3 is 1. The average Bonchev–Trinajstić information content (AvgIpc) is 3.54. The summed E-state index contributed by atoms with van der Waals surface area (Å²) in [5.41, 5.74) is 5.59. The molecule has 1 atom stereocenters. The van der Waals surface area contributed by atoms with E-state index in [1.807, 2.05) is 18.2 Å². The molecule has 0 spiro atoms. The van der Waals surface area contributed by atoms with Crippen LogP contribution in [0.1, 0.15) is 40.9 Å². The summed E-state index contributed by atoms with van der Waals surface area (Å²) in [6.07, 6.45) is 7.23. The zero-order valence-electron chi connectivity index (χ0n) is 16.3. The van der Waals surface area contributed by atoms with Crippen LogP contribution in [0.2, 0.25) is 0 Å². The van der Waals surface area contributed by atoms with Crippen molar-refractivity contribution in [2.75, 3.05) is 7.11 Å². The van der Waals surface area contributed by atoms with E-state index < -0.39 is 0 Å². The first-order chi connectivity index (χ1) is 14.2. The monoisotopic (exact) mass is 385 g/mol. The third-order valence-electron chi connectivity index (χ3n) is 6.06. The lowest BCUT2D eigenvalue weighted by Crippen LogP contribution is -2.30. The van der Waals surface area contributed by atoms with Crippen molar-refractivity contribution in [3.63, 3.8) is 0 Å². The molecular formula is C24H23N3O2. The standard InChI is InChI=1S/C24H23N3O2/c1-29-19-9-5-8-18(14-19)24(17-6-3-2-4-7-17)13-12-20-21(15-24)25-26-23(20)22(27-28)16-10-11-16/h2-9,12-14,16,28H,10-11,15H2,1H3,(H,25,26). The number of H-pyrrole nitrogens is 1. The minimum Gasteiger partial charge on any atom is -0.497 e. The molecule has 2 N–H and O–H groups in total. The highest BCUT2D eigenvalue weighted by atomic mass is 16.5. The number of nitrogens with one attached hydrogen (secondary N) is 1. The summed E-state index contributed by atoms with van der Waals surface area (Å²) in [7, 11) is 1.69. The molecule has 1 unspecified atom stereocenters. The second-order valence-electron chi connectivity index (χ2n) is 7.80. The third kappa shape index (κ3) is 2.94. The fourth-order valence-electron chi connectivity index (χ4n) is 4.34. The largest absolute Gasteiger partial charge is 0.497 e. The molecule has 2 aliphatic rings. The normalized spacial score (nSPS) is 21.1. The fourth-order valence-corrected chi connectivity index (χ4v) is 4.34. The first-order valence-corrected chi connectivity index (χ1v) is 9.94. The zero-order valence-corrected chi connectivity index (χ0v) is 16.3. The van der Waals surface area contributed by atoms with Crippen molar-refractivity contribution in [1.82, 2.24) is 10.2 Å². The van der Waals surface area contributed by atoms with Crippen LogP contribution < -0.4 is 4.74 Å². The molecular weight excluding hydrogens is 362 g/mol. The SMILES string of the molecule is COc1cccc(C2(c3ccccc3)C=Cc3c(C(=NO)C4CC4)n[nH]c3C2)c1. The molecule has 3 aromatic rings. The van der Waals surface area contributed by atoms with E-state index in [-0.39, 0.29) is 5.41 Å². The Bertz CT molecular complexity index is 1100. The Morgan fingerprint density at radius 1 is 1.14 bits per heavy atom. The van der Waals surface area contributed by atoms with E-state index in [0.29, 0.717) is 11.6 Å². The van der Waals surface area contributed by atoms with Crippen molar-refractivity contribution in [3.8, 4) is 5.75 Å². The van der Waals surface area contributed by atoms with E-state index in [1.54, 1.807) is 7.11 Å². The summed E-state index contributed by atoms with van der Waals surface area (Å²) < 4.78 is 5.49. The molecule has 146 valence electrons. The van der Waals surface area contributed by atoms with Crippen LogP contribution in [0.15, 0.2) is 65.8 Å². The fraction of sp³-hybridized carbons (Fsp3) is 0.250. The van der Waals surface area contributed by atoms with Gasteiger partial charge < -0.3 is 9.94 Å². The molecule has 1 fully saturated rings. The maximum Gasteiger partial charge on any atom is 0.119 e. The van der Waals surface area contributed by atoms with E-state index in [9.17, 15) is 5.21 Å². The number of benzene rings is 2. The molecule has 0 bridgehead atoms. The van der Waals surface area contributed by atoms with Crippen LogP contribution in [0.5, 0.6) is 5.75 Å². The number of hydrogen-bond acceptors (Lipinski definition) is 4. The number of hydrogen-bond donors (Lipinski definition) is 2. The summed E-state index contributed by atoms with van der Waals surface area (Å²) in [6, 6.07) is 18.8. The van der Waals surface area contributed by atoms with Crippen molar-refractivity contribution in [1.29, 1.82) is 0 Å². The lowest BCUT2D eigenvalue weighted by Gasteiger charge is -2.34. The van der Waals surface area contributed by atoms with Gasteiger partial charge in [-0.15, -0.1) is 0 Å². The van der Waals surface area contributed by atoms with Gasteiger partial charge in [-0.1, -0.05) is 59.8 Å². The van der Waals surface area contributed by atoms with Gasteiger partial charge in [0.25, 0.3) is 0 Å². The Hall–Kier alpha value is -3.34. The Balaban J connectivity index is 1.64. The number of nitrogens with zero attached hydrogens (tertiary/aromatic N) is 2. The summed E-state index contributed by atoms with van der Waals surface area (Å²) in [5.74, 6) is 1.16. The highest BCUT2D eigenvalue weighted by Crippen LogP contribution is 2.43. The van der Waals surface area contributed by atoms with Crippen molar-refractivity contribution in [3.05, 3.63) is 88.8 Å². The molecule has 1 saturated carbocycles. The Morgan fingerprint density at radius 2 is 1.93 bits per heavy atom. The molecule has 29 heavy (non-hydrogen) atoms. The highest BCUT2D eigenvalue weighted by Gasteiger charge is 2.39. The van der Waals surface area contributed by atoms with E-state index in [0.717, 1.165) is 42.0 Å². The molecule has 2 aromatic carbocycles. The van der Waals surface area contributed by atoms with Crippen LogP contribution in [0, 0.1) is 5.92 Å². The first-order valence-electron chi connectivity index (χ1n) is 9.94. The van der Waals surface area contributed by atoms with Gasteiger partial charge in [0, 0.05) is 29.0 Å². The molecule has 5 rings (SSSR count). The van der Waals surface area contributed by atoms with Gasteiger partial charge >= 0.3 is 0 Å². The van der Waals surface area contributed by atoms with E-state index in [4.69, 9.17) is 4.74 Å². The summed E-state index contributed by atoms with van der Waals surface area (Å²) in [6.45, 7) is 0. The Labute approximate surface area is 169 Å². The van der Waals surface area contributed by atoms with Crippen LogP contribution in [-0.2, 0) is 11.8 Å². The summed E-state index contributed by atoms with van der Waals surface area (Å²) in [5, 5.41) is 20.8. The van der Waals surface area contributed by atoms with Crippen LogP contribution in [0.3, 0.4) is 0 Å². The van der Waals surface area contributed by atoms with Gasteiger partial charge in [-0.25, -0.2) is 0 Å². The van der Waals surface area contributed by atoms with Crippen LogP contribution in [-0.4, -0.2) is 28.2 Å². The topological polar surface area (TPSA) is 70.5 Å². The number of rotatable bonds is 5. The van der Waals surface area contributed by atoms with Gasteiger partial charge in [0.15, 0.2) is 0 Å². The van der Waals surface area contributed by atoms with Gasteiger partial charge in [0.1, 0.15) is 17.2 Å². The number of aromatic amines is 1. The van der Waals surface area contributed by atoms with Gasteiger partial charge in [-0.3, -0.25) is 5.10 Å². The smallest absolute Gasteiger partial charge is 0.119 e. The van der Waals surface area contributed by atoms with E-state index in [1.165, 1.54) is 11.1 Å². The van der Waals surface area contributed by atoms with Crippen molar-refractivity contribution in [2.24, 2.45) is 11.1 Å². The maximum absolute atomic E-state index is 9.52. The minimum absolute atomic E-state index is 0.319. The summed E-state index contributed by atoms with van der Waals surface area (Å²) >= 11 is 0. The number of oxime groups is 1. The number of ether oxygens (including phenoxy) is 1. The average molecular weight is 385 g/mol. The quantitative estimate of drug-likeness (QED) is 0.384. The zero-order chi connectivity index (χ0) is 19.8. The van der Waals surface area contributed by atoms with Crippen LogP contribution in [0.25, 0.3) is 6.08 Å². The van der Waals surface area contributed by atoms with E-state index in [2.05, 4.69) is 63.9 Å². The molecule has 5 nitrogen and oxygen atoms in total. The molecule has 1 heterocycles. The molecule has 0 radical (unpaired) electrons. The predicted molar refractivity (Wildman–Crippen MR) is 113 cm³/mol. The minimum atomic E-state index is -0.331. The molecule has 5 heteroatoms. The number of fused-ring (bicyclic) bond motifs is 1.